The van der Waals surface area contributed by atoms with Crippen molar-refractivity contribution in [2.75, 3.05) is 0 Å². The van der Waals surface area contributed by atoms with Gasteiger partial charge in [0, 0.05) is 28.1 Å². The van der Waals surface area contributed by atoms with Crippen LogP contribution in [0.2, 0.25) is 0 Å². The van der Waals surface area contributed by atoms with Crippen LogP contribution in [0.15, 0.2) is 53.6 Å². The zero-order valence-corrected chi connectivity index (χ0v) is 16.2. The number of aryl methyl sites for hydroxylation is 2. The number of nitrogens with one attached hydrogen (secondary N) is 1. The van der Waals surface area contributed by atoms with Crippen LogP contribution >= 0.6 is 0 Å². The largest absolute Gasteiger partial charge is 0.478 e. The summed E-state index contributed by atoms with van der Waals surface area (Å²) in [5, 5.41) is 12.7. The molecule has 0 spiro atoms. The third-order valence-corrected chi connectivity index (χ3v) is 4.54. The number of hydrogen-bond acceptors (Lipinski definition) is 4. The van der Waals surface area contributed by atoms with E-state index in [0.717, 1.165) is 35.8 Å². The first-order chi connectivity index (χ1) is 14.3. The highest BCUT2D eigenvalue weighted by Crippen LogP contribution is 2.21. The van der Waals surface area contributed by atoms with E-state index in [1.54, 1.807) is 6.07 Å². The maximum absolute atomic E-state index is 13.8. The topological polar surface area (TPSA) is 101 Å². The van der Waals surface area contributed by atoms with Gasteiger partial charge in [-0.15, -0.1) is 0 Å². The van der Waals surface area contributed by atoms with Gasteiger partial charge in [0.25, 0.3) is 5.91 Å². The number of carboxylic acids is 1. The molecule has 3 aromatic rings. The summed E-state index contributed by atoms with van der Waals surface area (Å²) in [7, 11) is 0. The molecule has 8 heteroatoms. The Morgan fingerprint density at radius 2 is 1.67 bits per heavy atom. The molecule has 0 fully saturated rings. The number of benzene rings is 2. The maximum Gasteiger partial charge on any atom is 0.335 e. The minimum absolute atomic E-state index is 0.0780. The van der Waals surface area contributed by atoms with Gasteiger partial charge in [-0.2, -0.15) is 5.10 Å². The molecule has 152 valence electrons. The van der Waals surface area contributed by atoms with Gasteiger partial charge in [0.15, 0.2) is 6.29 Å². The molecule has 0 bridgehead atoms. The van der Waals surface area contributed by atoms with Gasteiger partial charge in [-0.1, -0.05) is 0 Å². The molecule has 0 aliphatic carbocycles. The van der Waals surface area contributed by atoms with Crippen LogP contribution in [-0.4, -0.2) is 34.1 Å². The third kappa shape index (κ3) is 4.17. The van der Waals surface area contributed by atoms with E-state index in [-0.39, 0.29) is 16.7 Å². The van der Waals surface area contributed by atoms with Crippen LogP contribution in [-0.2, 0) is 0 Å². The normalized spacial score (nSPS) is 10.9. The molecule has 0 atom stereocenters. The molecule has 0 saturated heterocycles. The van der Waals surface area contributed by atoms with Crippen molar-refractivity contribution >= 4 is 24.4 Å². The zero-order chi connectivity index (χ0) is 21.8. The summed E-state index contributed by atoms with van der Waals surface area (Å²) in [6.07, 6.45) is 1.74. The molecule has 7 nitrogen and oxygen atoms in total. The fraction of sp³-hybridized carbons (Fsp3) is 0.0909. The van der Waals surface area contributed by atoms with Crippen LogP contribution in [0.3, 0.4) is 0 Å². The fourth-order valence-corrected chi connectivity index (χ4v) is 3.03. The van der Waals surface area contributed by atoms with Gasteiger partial charge in [-0.25, -0.2) is 14.6 Å². The summed E-state index contributed by atoms with van der Waals surface area (Å²) in [5.74, 6) is -2.44. The first kappa shape index (κ1) is 20.7. The number of carbonyl (C=O) groups is 3. The summed E-state index contributed by atoms with van der Waals surface area (Å²) in [5.41, 5.74) is 5.14. The summed E-state index contributed by atoms with van der Waals surface area (Å²) in [6.45, 7) is 3.77. The molecule has 0 saturated carbocycles. The number of amides is 1. The van der Waals surface area contributed by atoms with E-state index in [2.05, 4.69) is 10.5 Å². The number of nitrogens with zero attached hydrogens (tertiary/aromatic N) is 2. The van der Waals surface area contributed by atoms with Crippen LogP contribution in [0.25, 0.3) is 5.69 Å². The molecule has 0 unspecified atom stereocenters. The van der Waals surface area contributed by atoms with Crippen molar-refractivity contribution in [3.8, 4) is 5.69 Å². The Bertz CT molecular complexity index is 1160. The smallest absolute Gasteiger partial charge is 0.335 e. The minimum atomic E-state index is -1.20. The number of aromatic carboxylic acids is 1. The van der Waals surface area contributed by atoms with Crippen molar-refractivity contribution < 1.29 is 23.9 Å². The molecule has 30 heavy (non-hydrogen) atoms. The number of carbonyl (C=O) groups excluding carboxylic acids is 2. The number of rotatable bonds is 6. The molecule has 3 rings (SSSR count). The van der Waals surface area contributed by atoms with Gasteiger partial charge >= 0.3 is 5.97 Å². The summed E-state index contributed by atoms with van der Waals surface area (Å²) >= 11 is 0. The Morgan fingerprint density at radius 3 is 2.30 bits per heavy atom. The Hall–Kier alpha value is -4.07. The van der Waals surface area contributed by atoms with Crippen LogP contribution in [0, 0.1) is 19.7 Å². The summed E-state index contributed by atoms with van der Waals surface area (Å²) < 4.78 is 15.7. The monoisotopic (exact) mass is 407 g/mol. The highest BCUT2D eigenvalue weighted by molar-refractivity contribution is 5.97. The lowest BCUT2D eigenvalue weighted by molar-refractivity contribution is 0.0696. The fourth-order valence-electron chi connectivity index (χ4n) is 3.03. The number of hydrogen-bond donors (Lipinski definition) is 2. The van der Waals surface area contributed by atoms with Crippen molar-refractivity contribution in [2.24, 2.45) is 5.10 Å². The average Bonchev–Trinajstić information content (AvgIpc) is 3.06. The summed E-state index contributed by atoms with van der Waals surface area (Å²) in [4.78, 5) is 34.9. The van der Waals surface area contributed by atoms with E-state index < -0.39 is 17.7 Å². The van der Waals surface area contributed by atoms with E-state index in [1.807, 2.05) is 30.5 Å². The maximum atomic E-state index is 13.8. The average molecular weight is 407 g/mol. The van der Waals surface area contributed by atoms with Crippen LogP contribution in [0.1, 0.15) is 48.0 Å². The van der Waals surface area contributed by atoms with Gasteiger partial charge in [0.1, 0.15) is 5.82 Å². The standard InChI is InChI=1S/C22H18FN3O4/c1-13-3-4-14(2)26(13)20-10-15(5-6-17(20)12-27)21(28)25-24-11-18-9-16(22(29)30)7-8-19(18)23/h3-12H,1-2H3,(H,25,28)(H,29,30). The van der Waals surface area contributed by atoms with Crippen LogP contribution in [0.4, 0.5) is 4.39 Å². The van der Waals surface area contributed by atoms with E-state index >= 15 is 0 Å². The van der Waals surface area contributed by atoms with Crippen molar-refractivity contribution in [1.82, 2.24) is 9.99 Å². The Labute approximate surface area is 171 Å². The highest BCUT2D eigenvalue weighted by Gasteiger charge is 2.13. The summed E-state index contributed by atoms with van der Waals surface area (Å²) in [6, 6.07) is 11.7. The number of aldehydes is 1. The Kier molecular flexibility index (Phi) is 5.87. The van der Waals surface area contributed by atoms with E-state index in [1.165, 1.54) is 12.1 Å². The second kappa shape index (κ2) is 8.52. The lowest BCUT2D eigenvalue weighted by Gasteiger charge is -2.13. The zero-order valence-electron chi connectivity index (χ0n) is 16.2. The molecule has 1 amide bonds. The predicted molar refractivity (Wildman–Crippen MR) is 109 cm³/mol. The van der Waals surface area contributed by atoms with Crippen molar-refractivity contribution in [3.63, 3.8) is 0 Å². The van der Waals surface area contributed by atoms with Gasteiger partial charge in [0.05, 0.1) is 17.5 Å². The molecule has 0 aliphatic heterocycles. The lowest BCUT2D eigenvalue weighted by Crippen LogP contribution is -2.18. The van der Waals surface area contributed by atoms with Crippen molar-refractivity contribution in [2.45, 2.75) is 13.8 Å². The van der Waals surface area contributed by atoms with Crippen molar-refractivity contribution in [1.29, 1.82) is 0 Å². The van der Waals surface area contributed by atoms with Gasteiger partial charge in [0.2, 0.25) is 0 Å². The lowest BCUT2D eigenvalue weighted by atomic mass is 10.1. The van der Waals surface area contributed by atoms with Gasteiger partial charge in [-0.3, -0.25) is 9.59 Å². The third-order valence-electron chi connectivity index (χ3n) is 4.54. The Morgan fingerprint density at radius 1 is 1.00 bits per heavy atom. The molecule has 1 heterocycles. The number of aromatic nitrogens is 1. The number of halogens is 1. The van der Waals surface area contributed by atoms with Crippen molar-refractivity contribution in [3.05, 3.63) is 88.0 Å². The van der Waals surface area contributed by atoms with E-state index in [0.29, 0.717) is 17.5 Å². The molecule has 1 aromatic heterocycles. The van der Waals surface area contributed by atoms with Gasteiger partial charge < -0.3 is 9.67 Å². The molecule has 0 radical (unpaired) electrons. The predicted octanol–water partition coefficient (Wildman–Crippen LogP) is 3.51. The van der Waals surface area contributed by atoms with E-state index in [4.69, 9.17) is 5.11 Å². The van der Waals surface area contributed by atoms with Gasteiger partial charge in [-0.05, 0) is 62.4 Å². The molecular formula is C22H18FN3O4. The first-order valence-electron chi connectivity index (χ1n) is 8.92. The molecule has 2 aromatic carbocycles. The van der Waals surface area contributed by atoms with Crippen LogP contribution < -0.4 is 5.43 Å². The van der Waals surface area contributed by atoms with Crippen LogP contribution in [0.5, 0.6) is 0 Å². The number of carboxylic acid groups (broad SMARTS) is 1. The first-order valence-corrected chi connectivity index (χ1v) is 8.92. The minimum Gasteiger partial charge on any atom is -0.478 e. The second-order valence-corrected chi connectivity index (χ2v) is 6.58. The highest BCUT2D eigenvalue weighted by atomic mass is 19.1. The molecule has 0 aliphatic rings. The Balaban J connectivity index is 1.85. The molecular weight excluding hydrogens is 389 g/mol. The number of hydrazone groups is 1. The molecule has 2 N–H and O–H groups in total. The SMILES string of the molecule is Cc1ccc(C)n1-c1cc(C(=O)NN=Cc2cc(C(=O)O)ccc2F)ccc1C=O. The van der Waals surface area contributed by atoms with E-state index in [9.17, 15) is 18.8 Å². The quantitative estimate of drug-likeness (QED) is 0.371. The second-order valence-electron chi connectivity index (χ2n) is 6.58.